The molecule has 1 aliphatic rings. The van der Waals surface area contributed by atoms with Crippen molar-refractivity contribution in [3.8, 4) is 22.4 Å². The summed E-state index contributed by atoms with van der Waals surface area (Å²) >= 11 is 0. The predicted molar refractivity (Wildman–Crippen MR) is 98.6 cm³/mol. The molecule has 1 fully saturated rings. The lowest BCUT2D eigenvalue weighted by Crippen LogP contribution is -2.14. The van der Waals surface area contributed by atoms with Crippen molar-refractivity contribution in [2.75, 3.05) is 0 Å². The zero-order valence-electron chi connectivity index (χ0n) is 13.9. The molecule has 0 spiro atoms. The third kappa shape index (κ3) is 2.44. The molecule has 1 aliphatic carbocycles. The van der Waals surface area contributed by atoms with E-state index in [2.05, 4.69) is 5.10 Å². The summed E-state index contributed by atoms with van der Waals surface area (Å²) in [4.78, 5) is 17.4. The molecule has 5 heteroatoms. The summed E-state index contributed by atoms with van der Waals surface area (Å²) < 4.78 is 15.1. The van der Waals surface area contributed by atoms with Gasteiger partial charge >= 0.3 is 0 Å². The molecule has 1 saturated carbocycles. The maximum Gasteiger partial charge on any atom is 0.273 e. The Labute approximate surface area is 148 Å². The topological polar surface area (TPSA) is 50.2 Å². The van der Waals surface area contributed by atoms with Gasteiger partial charge in [-0.05, 0) is 30.5 Å². The lowest BCUT2D eigenvalue weighted by Gasteiger charge is -2.04. The van der Waals surface area contributed by atoms with Gasteiger partial charge in [0.05, 0.1) is 5.69 Å². The van der Waals surface area contributed by atoms with Gasteiger partial charge in [0.15, 0.2) is 5.65 Å². The Hall–Kier alpha value is -3.21. The Bertz CT molecular complexity index is 1170. The molecule has 26 heavy (non-hydrogen) atoms. The number of nitrogens with zero attached hydrogens (tertiary/aromatic N) is 2. The van der Waals surface area contributed by atoms with Crippen molar-refractivity contribution in [1.29, 1.82) is 0 Å². The zero-order chi connectivity index (χ0) is 17.7. The Morgan fingerprint density at radius 2 is 1.77 bits per heavy atom. The van der Waals surface area contributed by atoms with Gasteiger partial charge in [0, 0.05) is 28.8 Å². The van der Waals surface area contributed by atoms with Crippen LogP contribution in [0.2, 0.25) is 0 Å². The Morgan fingerprint density at radius 3 is 2.50 bits per heavy atom. The van der Waals surface area contributed by atoms with Crippen LogP contribution < -0.4 is 5.56 Å². The van der Waals surface area contributed by atoms with Crippen molar-refractivity contribution >= 4 is 5.65 Å². The standard InChI is InChI=1S/C21H16FN3O/c22-16-8-4-7-15(11-16)17-12-18(26)25-21(23-17)19(13-5-2-1-3-6-13)20(24-25)14-9-10-14/h1-8,11-12,14,24H,9-10H2. The Morgan fingerprint density at radius 1 is 1.00 bits per heavy atom. The largest absolute Gasteiger partial charge is 0.293 e. The van der Waals surface area contributed by atoms with Crippen molar-refractivity contribution in [1.82, 2.24) is 14.6 Å². The normalized spacial score (nSPS) is 14.0. The third-order valence-electron chi connectivity index (χ3n) is 4.81. The number of H-pyrrole nitrogens is 1. The fourth-order valence-corrected chi connectivity index (χ4v) is 3.41. The molecule has 0 saturated heterocycles. The highest BCUT2D eigenvalue weighted by atomic mass is 19.1. The third-order valence-corrected chi connectivity index (χ3v) is 4.81. The van der Waals surface area contributed by atoms with E-state index in [1.807, 2.05) is 30.3 Å². The minimum absolute atomic E-state index is 0.196. The van der Waals surface area contributed by atoms with Crippen LogP contribution in [0, 0.1) is 5.82 Å². The highest BCUT2D eigenvalue weighted by molar-refractivity contribution is 5.82. The van der Waals surface area contributed by atoms with Gasteiger partial charge in [0.1, 0.15) is 5.82 Å². The molecule has 128 valence electrons. The Balaban J connectivity index is 1.81. The first-order chi connectivity index (χ1) is 12.7. The highest BCUT2D eigenvalue weighted by Gasteiger charge is 2.30. The van der Waals surface area contributed by atoms with Gasteiger partial charge < -0.3 is 0 Å². The summed E-state index contributed by atoms with van der Waals surface area (Å²) in [5.41, 5.74) is 4.51. The monoisotopic (exact) mass is 345 g/mol. The SMILES string of the molecule is O=c1cc(-c2cccc(F)c2)nc2c(-c3ccccc3)c(C3CC3)[nH]n12. The molecule has 0 atom stereocenters. The number of hydrogen-bond acceptors (Lipinski definition) is 2. The summed E-state index contributed by atoms with van der Waals surface area (Å²) in [5.74, 6) is 0.0874. The van der Waals surface area contributed by atoms with Crippen molar-refractivity contribution < 1.29 is 4.39 Å². The number of aromatic amines is 1. The van der Waals surface area contributed by atoms with Crippen LogP contribution in [-0.4, -0.2) is 14.6 Å². The van der Waals surface area contributed by atoms with E-state index in [4.69, 9.17) is 4.98 Å². The number of halogens is 1. The van der Waals surface area contributed by atoms with Crippen LogP contribution in [0.15, 0.2) is 65.5 Å². The molecule has 2 heterocycles. The lowest BCUT2D eigenvalue weighted by atomic mass is 10.0. The molecule has 0 aliphatic heterocycles. The van der Waals surface area contributed by atoms with E-state index in [1.54, 1.807) is 12.1 Å². The molecule has 1 N–H and O–H groups in total. The van der Waals surface area contributed by atoms with E-state index >= 15 is 0 Å². The first kappa shape index (κ1) is 15.1. The van der Waals surface area contributed by atoms with Gasteiger partial charge in [-0.1, -0.05) is 42.5 Å². The Kier molecular flexibility index (Phi) is 3.28. The molecule has 0 unspecified atom stereocenters. The first-order valence-corrected chi connectivity index (χ1v) is 8.68. The van der Waals surface area contributed by atoms with E-state index in [0.717, 1.165) is 29.7 Å². The van der Waals surface area contributed by atoms with Crippen molar-refractivity contribution in [3.05, 3.63) is 82.5 Å². The fraction of sp³-hybridized carbons (Fsp3) is 0.143. The van der Waals surface area contributed by atoms with Gasteiger partial charge in [0.25, 0.3) is 5.56 Å². The summed E-state index contributed by atoms with van der Waals surface area (Å²) in [5, 5.41) is 3.25. The second-order valence-electron chi connectivity index (χ2n) is 6.69. The predicted octanol–water partition coefficient (Wildman–Crippen LogP) is 4.37. The van der Waals surface area contributed by atoms with E-state index in [0.29, 0.717) is 22.8 Å². The van der Waals surface area contributed by atoms with Crippen LogP contribution in [0.3, 0.4) is 0 Å². The molecular weight excluding hydrogens is 329 g/mol. The minimum Gasteiger partial charge on any atom is -0.293 e. The summed E-state index contributed by atoms with van der Waals surface area (Å²) in [7, 11) is 0. The zero-order valence-corrected chi connectivity index (χ0v) is 13.9. The van der Waals surface area contributed by atoms with Gasteiger partial charge in [-0.2, -0.15) is 0 Å². The molecule has 2 aromatic carbocycles. The maximum atomic E-state index is 13.6. The van der Waals surface area contributed by atoms with Crippen LogP contribution in [-0.2, 0) is 0 Å². The smallest absolute Gasteiger partial charge is 0.273 e. The van der Waals surface area contributed by atoms with E-state index in [9.17, 15) is 9.18 Å². The fourth-order valence-electron chi connectivity index (χ4n) is 3.41. The van der Waals surface area contributed by atoms with Gasteiger partial charge in [-0.25, -0.2) is 13.9 Å². The summed E-state index contributed by atoms with van der Waals surface area (Å²) in [6.07, 6.45) is 2.22. The van der Waals surface area contributed by atoms with Crippen LogP contribution >= 0.6 is 0 Å². The number of benzene rings is 2. The average Bonchev–Trinajstić information content (AvgIpc) is 3.42. The van der Waals surface area contributed by atoms with Crippen molar-refractivity contribution in [2.45, 2.75) is 18.8 Å². The molecule has 4 aromatic rings. The van der Waals surface area contributed by atoms with Crippen LogP contribution in [0.25, 0.3) is 28.0 Å². The molecule has 5 rings (SSSR count). The average molecular weight is 345 g/mol. The molecule has 0 radical (unpaired) electrons. The second-order valence-corrected chi connectivity index (χ2v) is 6.69. The number of aromatic nitrogens is 3. The van der Waals surface area contributed by atoms with Gasteiger partial charge in [-0.15, -0.1) is 0 Å². The molecule has 2 aromatic heterocycles. The number of rotatable bonds is 3. The van der Waals surface area contributed by atoms with Crippen LogP contribution in [0.5, 0.6) is 0 Å². The molecule has 0 bridgehead atoms. The van der Waals surface area contributed by atoms with Crippen LogP contribution in [0.1, 0.15) is 24.5 Å². The first-order valence-electron chi connectivity index (χ1n) is 8.68. The van der Waals surface area contributed by atoms with Crippen molar-refractivity contribution in [3.63, 3.8) is 0 Å². The lowest BCUT2D eigenvalue weighted by molar-refractivity contribution is 0.628. The molecule has 4 nitrogen and oxygen atoms in total. The minimum atomic E-state index is -0.347. The highest BCUT2D eigenvalue weighted by Crippen LogP contribution is 2.44. The number of fused-ring (bicyclic) bond motifs is 1. The molecule has 0 amide bonds. The van der Waals surface area contributed by atoms with Crippen LogP contribution in [0.4, 0.5) is 4.39 Å². The van der Waals surface area contributed by atoms with Crippen molar-refractivity contribution in [2.24, 2.45) is 0 Å². The quantitative estimate of drug-likeness (QED) is 0.599. The van der Waals surface area contributed by atoms with E-state index in [1.165, 1.54) is 22.7 Å². The van der Waals surface area contributed by atoms with E-state index in [-0.39, 0.29) is 11.4 Å². The summed E-state index contributed by atoms with van der Waals surface area (Å²) in [6, 6.07) is 17.6. The molecular formula is C21H16FN3O. The van der Waals surface area contributed by atoms with E-state index < -0.39 is 0 Å². The maximum absolute atomic E-state index is 13.6. The number of nitrogens with one attached hydrogen (secondary N) is 1. The van der Waals surface area contributed by atoms with Gasteiger partial charge in [0.2, 0.25) is 0 Å². The second kappa shape index (κ2) is 5.66. The van der Waals surface area contributed by atoms with Gasteiger partial charge in [-0.3, -0.25) is 9.89 Å². The number of hydrogen-bond donors (Lipinski definition) is 1. The summed E-state index contributed by atoms with van der Waals surface area (Å²) in [6.45, 7) is 0.